The normalized spacial score (nSPS) is 13.2. The zero-order chi connectivity index (χ0) is 13.5. The molecule has 0 heterocycles. The second kappa shape index (κ2) is 6.97. The molecule has 3 heteroatoms. The third kappa shape index (κ3) is 4.34. The van der Waals surface area contributed by atoms with Gasteiger partial charge in [0.25, 0.3) is 0 Å². The highest BCUT2D eigenvalue weighted by Crippen LogP contribution is 2.13. The molecule has 1 N–H and O–H groups in total. The quantitative estimate of drug-likeness (QED) is 0.642. The molecule has 0 radical (unpaired) electrons. The van der Waals surface area contributed by atoms with E-state index in [4.69, 9.17) is 0 Å². The molecule has 0 fully saturated rings. The average molecular weight is 247 g/mol. The van der Waals surface area contributed by atoms with Crippen LogP contribution in [0.2, 0.25) is 0 Å². The largest absolute Gasteiger partial charge is 0.466 e. The lowest BCUT2D eigenvalue weighted by atomic mass is 10.1. The monoisotopic (exact) mass is 247 g/mol. The fourth-order valence-corrected chi connectivity index (χ4v) is 1.69. The summed E-state index contributed by atoms with van der Waals surface area (Å²) < 4.78 is 4.63. The number of hydrogen-bond acceptors (Lipinski definition) is 3. The predicted octanol–water partition coefficient (Wildman–Crippen LogP) is 2.76. The van der Waals surface area contributed by atoms with E-state index in [1.165, 1.54) is 18.2 Å². The van der Waals surface area contributed by atoms with Gasteiger partial charge in [0.05, 0.1) is 7.11 Å². The lowest BCUT2D eigenvalue weighted by molar-refractivity contribution is -0.136. The van der Waals surface area contributed by atoms with E-state index >= 15 is 0 Å². The number of esters is 1. The van der Waals surface area contributed by atoms with Crippen LogP contribution in [0.4, 0.5) is 0 Å². The second-order valence-electron chi connectivity index (χ2n) is 4.42. The first-order chi connectivity index (χ1) is 8.54. The van der Waals surface area contributed by atoms with Crippen LogP contribution in [0, 0.1) is 6.92 Å². The first-order valence-electron chi connectivity index (χ1n) is 6.09. The summed E-state index contributed by atoms with van der Waals surface area (Å²) >= 11 is 0. The van der Waals surface area contributed by atoms with Gasteiger partial charge in [-0.1, -0.05) is 35.9 Å². The molecule has 1 atom stereocenters. The van der Waals surface area contributed by atoms with Gasteiger partial charge in [-0.05, 0) is 26.3 Å². The first kappa shape index (κ1) is 14.5. The molecule has 0 aromatic heterocycles. The van der Waals surface area contributed by atoms with Crippen molar-refractivity contribution in [1.82, 2.24) is 5.32 Å². The minimum atomic E-state index is -0.278. The van der Waals surface area contributed by atoms with Gasteiger partial charge in [0.1, 0.15) is 0 Å². The molecule has 1 aromatic rings. The van der Waals surface area contributed by atoms with Crippen molar-refractivity contribution in [3.05, 3.63) is 47.0 Å². The maximum Gasteiger partial charge on any atom is 0.333 e. The Morgan fingerprint density at radius 3 is 2.83 bits per heavy atom. The third-order valence-electron chi connectivity index (χ3n) is 2.88. The van der Waals surface area contributed by atoms with Gasteiger partial charge in [-0.25, -0.2) is 4.79 Å². The molecular formula is C15H21NO2. The second-order valence-corrected chi connectivity index (χ2v) is 4.42. The summed E-state index contributed by atoms with van der Waals surface area (Å²) in [6.45, 7) is 6.59. The summed E-state index contributed by atoms with van der Waals surface area (Å²) in [6, 6.07) is 8.65. The van der Waals surface area contributed by atoms with Crippen LogP contribution in [-0.4, -0.2) is 19.6 Å². The Morgan fingerprint density at radius 2 is 2.22 bits per heavy atom. The van der Waals surface area contributed by atoms with Crippen molar-refractivity contribution in [2.45, 2.75) is 26.8 Å². The Balaban J connectivity index is 2.52. The molecule has 98 valence electrons. The van der Waals surface area contributed by atoms with E-state index in [1.54, 1.807) is 6.92 Å². The molecule has 0 spiro atoms. The molecule has 0 amide bonds. The molecule has 0 aliphatic heterocycles. The summed E-state index contributed by atoms with van der Waals surface area (Å²) in [5.41, 5.74) is 3.13. The van der Waals surface area contributed by atoms with Crippen molar-refractivity contribution in [3.8, 4) is 0 Å². The van der Waals surface area contributed by atoms with Crippen molar-refractivity contribution in [2.24, 2.45) is 0 Å². The minimum absolute atomic E-state index is 0.256. The van der Waals surface area contributed by atoms with Crippen LogP contribution in [-0.2, 0) is 9.53 Å². The summed E-state index contributed by atoms with van der Waals surface area (Å²) in [4.78, 5) is 11.2. The maximum absolute atomic E-state index is 11.2. The van der Waals surface area contributed by atoms with E-state index in [0.29, 0.717) is 12.1 Å². The number of carbonyl (C=O) groups is 1. The molecule has 0 saturated heterocycles. The Kier molecular flexibility index (Phi) is 5.59. The predicted molar refractivity (Wildman–Crippen MR) is 73.4 cm³/mol. The molecule has 3 nitrogen and oxygen atoms in total. The number of methoxy groups -OCH3 is 1. The fourth-order valence-electron chi connectivity index (χ4n) is 1.69. The zero-order valence-electron chi connectivity index (χ0n) is 11.5. The van der Waals surface area contributed by atoms with Crippen LogP contribution in [0.15, 0.2) is 35.9 Å². The number of ether oxygens (including phenoxy) is 1. The molecule has 0 bridgehead atoms. The van der Waals surface area contributed by atoms with E-state index in [1.807, 2.05) is 6.08 Å². The van der Waals surface area contributed by atoms with Crippen LogP contribution >= 0.6 is 0 Å². The summed E-state index contributed by atoms with van der Waals surface area (Å²) in [7, 11) is 1.39. The van der Waals surface area contributed by atoms with Crippen molar-refractivity contribution in [2.75, 3.05) is 13.7 Å². The number of rotatable bonds is 5. The van der Waals surface area contributed by atoms with Gasteiger partial charge in [0, 0.05) is 18.2 Å². The smallest absolute Gasteiger partial charge is 0.333 e. The fraction of sp³-hybridized carbons (Fsp3) is 0.400. The Hall–Kier alpha value is -1.61. The molecule has 0 saturated carbocycles. The molecule has 18 heavy (non-hydrogen) atoms. The molecular weight excluding hydrogens is 226 g/mol. The number of aryl methyl sites for hydroxylation is 1. The Morgan fingerprint density at radius 1 is 1.50 bits per heavy atom. The highest BCUT2D eigenvalue weighted by atomic mass is 16.5. The van der Waals surface area contributed by atoms with E-state index in [0.717, 1.165) is 0 Å². The summed E-state index contributed by atoms with van der Waals surface area (Å²) in [5.74, 6) is -0.278. The number of nitrogens with one attached hydrogen (secondary N) is 1. The lowest BCUT2D eigenvalue weighted by Crippen LogP contribution is -2.19. The molecule has 0 unspecified atom stereocenters. The average Bonchev–Trinajstić information content (AvgIpc) is 2.37. The summed E-state index contributed by atoms with van der Waals surface area (Å²) in [6.07, 6.45) is 1.85. The molecule has 0 aliphatic carbocycles. The van der Waals surface area contributed by atoms with Gasteiger partial charge in [-0.15, -0.1) is 0 Å². The van der Waals surface area contributed by atoms with Gasteiger partial charge < -0.3 is 10.1 Å². The van der Waals surface area contributed by atoms with Crippen LogP contribution in [0.3, 0.4) is 0 Å². The van der Waals surface area contributed by atoms with E-state index in [2.05, 4.69) is 48.2 Å². The first-order valence-corrected chi connectivity index (χ1v) is 6.09. The molecule has 1 rings (SSSR count). The van der Waals surface area contributed by atoms with Crippen LogP contribution in [0.5, 0.6) is 0 Å². The van der Waals surface area contributed by atoms with Crippen LogP contribution in [0.1, 0.15) is 31.0 Å². The van der Waals surface area contributed by atoms with E-state index in [9.17, 15) is 4.79 Å². The highest BCUT2D eigenvalue weighted by Gasteiger charge is 2.05. The lowest BCUT2D eigenvalue weighted by Gasteiger charge is -2.13. The standard InChI is InChI=1S/C15H21NO2/c1-11-6-5-7-14(10-11)13(3)16-9-8-12(2)15(17)18-4/h5-8,10,13,16H,9H2,1-4H3/b12-8+/t13-/m1/s1. The Bertz CT molecular complexity index is 438. The molecule has 0 aliphatic rings. The van der Waals surface area contributed by atoms with E-state index < -0.39 is 0 Å². The SMILES string of the molecule is COC(=O)/C(C)=C/CN[C@H](C)c1cccc(C)c1. The molecule has 1 aromatic carbocycles. The zero-order valence-corrected chi connectivity index (χ0v) is 11.5. The minimum Gasteiger partial charge on any atom is -0.466 e. The van der Waals surface area contributed by atoms with Crippen molar-refractivity contribution >= 4 is 5.97 Å². The van der Waals surface area contributed by atoms with Crippen LogP contribution < -0.4 is 5.32 Å². The van der Waals surface area contributed by atoms with Gasteiger partial charge in [-0.2, -0.15) is 0 Å². The highest BCUT2D eigenvalue weighted by molar-refractivity contribution is 5.87. The van der Waals surface area contributed by atoms with Gasteiger partial charge >= 0.3 is 5.97 Å². The Labute approximate surface area is 109 Å². The van der Waals surface area contributed by atoms with Gasteiger partial charge in [0.2, 0.25) is 0 Å². The van der Waals surface area contributed by atoms with Crippen molar-refractivity contribution in [3.63, 3.8) is 0 Å². The topological polar surface area (TPSA) is 38.3 Å². The van der Waals surface area contributed by atoms with Gasteiger partial charge in [-0.3, -0.25) is 0 Å². The number of carbonyl (C=O) groups excluding carboxylic acids is 1. The van der Waals surface area contributed by atoms with Gasteiger partial charge in [0.15, 0.2) is 0 Å². The van der Waals surface area contributed by atoms with Crippen LogP contribution in [0.25, 0.3) is 0 Å². The third-order valence-corrected chi connectivity index (χ3v) is 2.88. The number of hydrogen-bond donors (Lipinski definition) is 1. The summed E-state index contributed by atoms with van der Waals surface area (Å²) in [5, 5.41) is 3.35. The van der Waals surface area contributed by atoms with Crippen molar-refractivity contribution in [1.29, 1.82) is 0 Å². The van der Waals surface area contributed by atoms with E-state index in [-0.39, 0.29) is 12.0 Å². The van der Waals surface area contributed by atoms with Crippen molar-refractivity contribution < 1.29 is 9.53 Å². The number of benzene rings is 1. The maximum atomic E-state index is 11.2.